The summed E-state index contributed by atoms with van der Waals surface area (Å²) in [6, 6.07) is 0. The molecule has 0 saturated carbocycles. The Morgan fingerprint density at radius 3 is 2.59 bits per heavy atom. The van der Waals surface area contributed by atoms with Gasteiger partial charge in [0.15, 0.2) is 0 Å². The van der Waals surface area contributed by atoms with Gasteiger partial charge in [0, 0.05) is 19.5 Å². The molecule has 0 unspecified atom stereocenters. The van der Waals surface area contributed by atoms with Crippen LogP contribution in [-0.2, 0) is 4.79 Å². The van der Waals surface area contributed by atoms with Gasteiger partial charge in [0.2, 0.25) is 5.91 Å². The smallest absolute Gasteiger partial charge is 0.223 e. The van der Waals surface area contributed by atoms with Gasteiger partial charge in [-0.05, 0) is 30.8 Å². The summed E-state index contributed by atoms with van der Waals surface area (Å²) in [5, 5.41) is 3.21. The van der Waals surface area contributed by atoms with E-state index < -0.39 is 0 Å². The molecule has 3 nitrogen and oxygen atoms in total. The average molecular weight is 236 g/mol. The van der Waals surface area contributed by atoms with Crippen LogP contribution in [-0.4, -0.2) is 37.0 Å². The molecule has 17 heavy (non-hydrogen) atoms. The number of amides is 1. The summed E-state index contributed by atoms with van der Waals surface area (Å²) < 4.78 is 0. The van der Waals surface area contributed by atoms with Crippen molar-refractivity contribution in [2.45, 2.75) is 33.6 Å². The van der Waals surface area contributed by atoms with E-state index in [-0.39, 0.29) is 5.41 Å². The van der Waals surface area contributed by atoms with Gasteiger partial charge in [-0.1, -0.05) is 32.4 Å². The van der Waals surface area contributed by atoms with Gasteiger partial charge >= 0.3 is 0 Å². The van der Waals surface area contributed by atoms with Crippen LogP contribution in [0, 0.1) is 11.3 Å². The first-order valence-electron chi connectivity index (χ1n) is 6.65. The fraction of sp³-hybridized carbons (Fsp3) is 0.786. The number of rotatable bonds is 2. The molecular weight excluding hydrogens is 212 g/mol. The molecule has 1 fully saturated rings. The molecule has 2 aliphatic heterocycles. The molecule has 0 aromatic heterocycles. The fourth-order valence-electron chi connectivity index (χ4n) is 2.45. The molecule has 0 aromatic carbocycles. The van der Waals surface area contributed by atoms with E-state index in [9.17, 15) is 4.79 Å². The zero-order valence-corrected chi connectivity index (χ0v) is 11.3. The predicted octanol–water partition coefficient (Wildman–Crippen LogP) is 1.80. The molecule has 0 aliphatic carbocycles. The third kappa shape index (κ3) is 3.09. The molecule has 0 bridgehead atoms. The summed E-state index contributed by atoms with van der Waals surface area (Å²) >= 11 is 0. The highest BCUT2D eigenvalue weighted by Gasteiger charge is 2.26. The van der Waals surface area contributed by atoms with Crippen LogP contribution in [0.15, 0.2) is 11.6 Å². The Morgan fingerprint density at radius 1 is 1.47 bits per heavy atom. The topological polar surface area (TPSA) is 32.3 Å². The normalized spacial score (nSPS) is 22.1. The molecule has 1 N–H and O–H groups in total. The van der Waals surface area contributed by atoms with Crippen LogP contribution in [0.3, 0.4) is 0 Å². The van der Waals surface area contributed by atoms with Gasteiger partial charge in [-0.15, -0.1) is 0 Å². The minimum Gasteiger partial charge on any atom is -0.339 e. The van der Waals surface area contributed by atoms with Crippen molar-refractivity contribution in [1.29, 1.82) is 0 Å². The maximum atomic E-state index is 12.0. The third-order valence-electron chi connectivity index (χ3n) is 3.85. The lowest BCUT2D eigenvalue weighted by Crippen LogP contribution is -2.46. The molecule has 2 aliphatic rings. The number of hydrogen-bond acceptors (Lipinski definition) is 2. The first kappa shape index (κ1) is 12.6. The van der Waals surface area contributed by atoms with E-state index in [2.05, 4.69) is 32.2 Å². The van der Waals surface area contributed by atoms with Crippen molar-refractivity contribution < 1.29 is 4.79 Å². The van der Waals surface area contributed by atoms with Crippen LogP contribution < -0.4 is 5.32 Å². The fourth-order valence-corrected chi connectivity index (χ4v) is 2.45. The van der Waals surface area contributed by atoms with E-state index in [0.717, 1.165) is 39.0 Å². The van der Waals surface area contributed by atoms with Crippen molar-refractivity contribution in [2.24, 2.45) is 11.3 Å². The minimum absolute atomic E-state index is 0.257. The number of nitrogens with zero attached hydrogens (tertiary/aromatic N) is 1. The van der Waals surface area contributed by atoms with Crippen LogP contribution >= 0.6 is 0 Å². The number of hydrogen-bond donors (Lipinski definition) is 1. The highest BCUT2D eigenvalue weighted by molar-refractivity contribution is 5.77. The van der Waals surface area contributed by atoms with Gasteiger partial charge in [0.05, 0.1) is 0 Å². The van der Waals surface area contributed by atoms with E-state index in [4.69, 9.17) is 0 Å². The monoisotopic (exact) mass is 236 g/mol. The van der Waals surface area contributed by atoms with E-state index in [1.165, 1.54) is 5.57 Å². The molecule has 0 radical (unpaired) electrons. The van der Waals surface area contributed by atoms with Crippen molar-refractivity contribution in [2.75, 3.05) is 26.2 Å². The van der Waals surface area contributed by atoms with Crippen molar-refractivity contribution in [3.05, 3.63) is 11.6 Å². The second-order valence-corrected chi connectivity index (χ2v) is 6.30. The molecule has 0 atom stereocenters. The van der Waals surface area contributed by atoms with E-state index in [1.807, 2.05) is 4.90 Å². The SMILES string of the molecule is CC(C)(C)C1=CCN(C(=O)CC2CNC2)CC1. The summed E-state index contributed by atoms with van der Waals surface area (Å²) in [5.74, 6) is 0.913. The molecule has 1 amide bonds. The van der Waals surface area contributed by atoms with Gasteiger partial charge in [-0.25, -0.2) is 0 Å². The molecule has 2 rings (SSSR count). The van der Waals surface area contributed by atoms with Gasteiger partial charge in [0.25, 0.3) is 0 Å². The van der Waals surface area contributed by atoms with Crippen LogP contribution in [0.5, 0.6) is 0 Å². The number of carbonyl (C=O) groups excluding carboxylic acids is 1. The Hall–Kier alpha value is -0.830. The molecule has 2 heterocycles. The Labute approximate surface area is 104 Å². The Balaban J connectivity index is 1.85. The van der Waals surface area contributed by atoms with Gasteiger partial charge in [-0.2, -0.15) is 0 Å². The molecule has 96 valence electrons. The van der Waals surface area contributed by atoms with Gasteiger partial charge in [-0.3, -0.25) is 4.79 Å². The quantitative estimate of drug-likeness (QED) is 0.742. The Morgan fingerprint density at radius 2 is 2.18 bits per heavy atom. The lowest BCUT2D eigenvalue weighted by Gasteiger charge is -2.34. The molecule has 0 spiro atoms. The first-order chi connectivity index (χ1) is 7.97. The first-order valence-corrected chi connectivity index (χ1v) is 6.65. The van der Waals surface area contributed by atoms with E-state index in [0.29, 0.717) is 11.8 Å². The largest absolute Gasteiger partial charge is 0.339 e. The maximum Gasteiger partial charge on any atom is 0.223 e. The lowest BCUT2D eigenvalue weighted by atomic mass is 9.83. The van der Waals surface area contributed by atoms with Crippen LogP contribution in [0.4, 0.5) is 0 Å². The number of carbonyl (C=O) groups is 1. The minimum atomic E-state index is 0.257. The zero-order chi connectivity index (χ0) is 12.5. The van der Waals surface area contributed by atoms with E-state index in [1.54, 1.807) is 0 Å². The molecule has 1 saturated heterocycles. The number of nitrogens with one attached hydrogen (secondary N) is 1. The third-order valence-corrected chi connectivity index (χ3v) is 3.85. The Bertz CT molecular complexity index is 324. The highest BCUT2D eigenvalue weighted by atomic mass is 16.2. The predicted molar refractivity (Wildman–Crippen MR) is 69.7 cm³/mol. The van der Waals surface area contributed by atoms with Crippen molar-refractivity contribution in [3.8, 4) is 0 Å². The highest BCUT2D eigenvalue weighted by Crippen LogP contribution is 2.30. The van der Waals surface area contributed by atoms with Crippen molar-refractivity contribution >= 4 is 5.91 Å². The van der Waals surface area contributed by atoms with Gasteiger partial charge < -0.3 is 10.2 Å². The Kier molecular flexibility index (Phi) is 3.57. The van der Waals surface area contributed by atoms with Crippen LogP contribution in [0.25, 0.3) is 0 Å². The van der Waals surface area contributed by atoms with Gasteiger partial charge in [0.1, 0.15) is 0 Å². The maximum absolute atomic E-state index is 12.0. The summed E-state index contributed by atoms with van der Waals surface area (Å²) in [5.41, 5.74) is 1.75. The average Bonchev–Trinajstić information content (AvgIpc) is 2.22. The van der Waals surface area contributed by atoms with Crippen LogP contribution in [0.1, 0.15) is 33.6 Å². The molecule has 3 heteroatoms. The molecular formula is C14H24N2O. The van der Waals surface area contributed by atoms with E-state index >= 15 is 0 Å². The summed E-state index contributed by atoms with van der Waals surface area (Å²) in [4.78, 5) is 14.0. The summed E-state index contributed by atoms with van der Waals surface area (Å²) in [7, 11) is 0. The van der Waals surface area contributed by atoms with Crippen LogP contribution in [0.2, 0.25) is 0 Å². The zero-order valence-electron chi connectivity index (χ0n) is 11.3. The molecule has 0 aromatic rings. The summed E-state index contributed by atoms with van der Waals surface area (Å²) in [6.45, 7) is 10.5. The summed E-state index contributed by atoms with van der Waals surface area (Å²) in [6.07, 6.45) is 4.02. The standard InChI is InChI=1S/C14H24N2O/c1-14(2,3)12-4-6-16(7-5-12)13(17)8-11-9-15-10-11/h4,11,15H,5-10H2,1-3H3. The van der Waals surface area contributed by atoms with Crippen molar-refractivity contribution in [3.63, 3.8) is 0 Å². The van der Waals surface area contributed by atoms with Crippen molar-refractivity contribution in [1.82, 2.24) is 10.2 Å². The lowest BCUT2D eigenvalue weighted by molar-refractivity contribution is -0.132. The second-order valence-electron chi connectivity index (χ2n) is 6.30. The second kappa shape index (κ2) is 4.81.